The Labute approximate surface area is 147 Å². The van der Waals surface area contributed by atoms with Gasteiger partial charge in [-0.25, -0.2) is 0 Å². The molecule has 0 unspecified atom stereocenters. The molecule has 0 spiro atoms. The number of β-amino-alcohol motifs (C(OH)–C–C–N with tert-alkyl or cyclic N) is 1. The number of hydrogen-bond donors (Lipinski definition) is 2. The van der Waals surface area contributed by atoms with Crippen LogP contribution in [0.1, 0.15) is 23.3 Å². The van der Waals surface area contributed by atoms with E-state index in [-0.39, 0.29) is 12.0 Å². The monoisotopic (exact) mass is 344 g/mol. The van der Waals surface area contributed by atoms with Crippen LogP contribution in [0.15, 0.2) is 47.1 Å². The molecule has 134 valence electrons. The van der Waals surface area contributed by atoms with Crippen LogP contribution in [0.2, 0.25) is 0 Å². The van der Waals surface area contributed by atoms with E-state index in [0.717, 1.165) is 29.9 Å². The number of ether oxygens (including phenoxy) is 1. The van der Waals surface area contributed by atoms with Gasteiger partial charge in [-0.1, -0.05) is 24.3 Å². The van der Waals surface area contributed by atoms with Crippen LogP contribution in [-0.4, -0.2) is 41.7 Å². The minimum Gasteiger partial charge on any atom is -0.467 e. The fourth-order valence-corrected chi connectivity index (χ4v) is 2.91. The van der Waals surface area contributed by atoms with Crippen molar-refractivity contribution in [3.8, 4) is 0 Å². The number of benzene rings is 1. The fraction of sp³-hybridized carbons (Fsp3) is 0.421. The maximum Gasteiger partial charge on any atom is 0.234 e. The standard InChI is InChI=1S/C19H24N2O4/c22-17-6-7-21(11-17)12-19(23)20-10-15-3-1-4-16(9-15)13-24-14-18-5-2-8-25-18/h1-5,8-9,17,22H,6-7,10-14H2,(H,20,23)/t17-/m0/s1. The molecular weight excluding hydrogens is 320 g/mol. The van der Waals surface area contributed by atoms with E-state index in [1.807, 2.05) is 41.3 Å². The molecule has 0 radical (unpaired) electrons. The molecule has 1 amide bonds. The first-order valence-electron chi connectivity index (χ1n) is 8.54. The molecule has 0 bridgehead atoms. The number of aliphatic hydroxyl groups is 1. The molecule has 1 atom stereocenters. The molecule has 6 nitrogen and oxygen atoms in total. The summed E-state index contributed by atoms with van der Waals surface area (Å²) in [5.41, 5.74) is 2.09. The number of hydrogen-bond acceptors (Lipinski definition) is 5. The van der Waals surface area contributed by atoms with Gasteiger partial charge >= 0.3 is 0 Å². The Hall–Kier alpha value is -2.15. The van der Waals surface area contributed by atoms with Crippen molar-refractivity contribution in [2.24, 2.45) is 0 Å². The van der Waals surface area contributed by atoms with Gasteiger partial charge in [0.15, 0.2) is 0 Å². The van der Waals surface area contributed by atoms with Gasteiger partial charge < -0.3 is 19.6 Å². The van der Waals surface area contributed by atoms with E-state index in [0.29, 0.717) is 32.8 Å². The van der Waals surface area contributed by atoms with Gasteiger partial charge in [0.05, 0.1) is 25.5 Å². The molecule has 1 aliphatic heterocycles. The van der Waals surface area contributed by atoms with E-state index in [4.69, 9.17) is 9.15 Å². The Kier molecular flexibility index (Phi) is 6.22. The largest absolute Gasteiger partial charge is 0.467 e. The first-order valence-corrected chi connectivity index (χ1v) is 8.54. The van der Waals surface area contributed by atoms with E-state index in [9.17, 15) is 9.90 Å². The van der Waals surface area contributed by atoms with Crippen LogP contribution in [0.5, 0.6) is 0 Å². The quantitative estimate of drug-likeness (QED) is 0.762. The number of furan rings is 1. The topological polar surface area (TPSA) is 74.9 Å². The second-order valence-electron chi connectivity index (χ2n) is 6.35. The Morgan fingerprint density at radius 1 is 1.28 bits per heavy atom. The maximum atomic E-state index is 12.0. The van der Waals surface area contributed by atoms with Crippen LogP contribution >= 0.6 is 0 Å². The molecule has 1 fully saturated rings. The average molecular weight is 344 g/mol. The van der Waals surface area contributed by atoms with Crippen molar-refractivity contribution >= 4 is 5.91 Å². The van der Waals surface area contributed by atoms with Gasteiger partial charge in [0.1, 0.15) is 12.4 Å². The summed E-state index contributed by atoms with van der Waals surface area (Å²) in [7, 11) is 0. The van der Waals surface area contributed by atoms with Crippen molar-refractivity contribution in [2.75, 3.05) is 19.6 Å². The summed E-state index contributed by atoms with van der Waals surface area (Å²) in [6.45, 7) is 3.11. The highest BCUT2D eigenvalue weighted by Crippen LogP contribution is 2.10. The number of rotatable bonds is 8. The molecule has 1 aliphatic rings. The summed E-state index contributed by atoms with van der Waals surface area (Å²) in [5.74, 6) is 0.782. The van der Waals surface area contributed by atoms with Crippen molar-refractivity contribution in [3.63, 3.8) is 0 Å². The van der Waals surface area contributed by atoms with E-state index < -0.39 is 0 Å². The summed E-state index contributed by atoms with van der Waals surface area (Å²) in [4.78, 5) is 14.0. The number of carbonyl (C=O) groups is 1. The van der Waals surface area contributed by atoms with Gasteiger partial charge in [-0.15, -0.1) is 0 Å². The lowest BCUT2D eigenvalue weighted by molar-refractivity contribution is -0.122. The molecule has 1 saturated heterocycles. The molecule has 2 N–H and O–H groups in total. The van der Waals surface area contributed by atoms with Crippen molar-refractivity contribution in [2.45, 2.75) is 32.3 Å². The summed E-state index contributed by atoms with van der Waals surface area (Å²) in [5, 5.41) is 12.4. The van der Waals surface area contributed by atoms with Crippen LogP contribution < -0.4 is 5.32 Å². The normalized spacial score (nSPS) is 17.7. The van der Waals surface area contributed by atoms with Crippen molar-refractivity contribution in [1.82, 2.24) is 10.2 Å². The van der Waals surface area contributed by atoms with Gasteiger partial charge in [-0.05, 0) is 29.7 Å². The van der Waals surface area contributed by atoms with Gasteiger partial charge in [0.2, 0.25) is 5.91 Å². The molecule has 1 aromatic carbocycles. The van der Waals surface area contributed by atoms with Gasteiger partial charge in [-0.3, -0.25) is 9.69 Å². The summed E-state index contributed by atoms with van der Waals surface area (Å²) < 4.78 is 10.9. The van der Waals surface area contributed by atoms with Crippen LogP contribution in [-0.2, 0) is 29.3 Å². The van der Waals surface area contributed by atoms with Gasteiger partial charge in [0, 0.05) is 19.6 Å². The third-order valence-electron chi connectivity index (χ3n) is 4.19. The summed E-state index contributed by atoms with van der Waals surface area (Å²) >= 11 is 0. The molecule has 25 heavy (non-hydrogen) atoms. The third-order valence-corrected chi connectivity index (χ3v) is 4.19. The number of carbonyl (C=O) groups excluding carboxylic acids is 1. The van der Waals surface area contributed by atoms with Gasteiger partial charge in [0.25, 0.3) is 0 Å². The summed E-state index contributed by atoms with van der Waals surface area (Å²) in [6.07, 6.45) is 2.07. The second kappa shape index (κ2) is 8.80. The zero-order chi connectivity index (χ0) is 17.5. The predicted octanol–water partition coefficient (Wildman–Crippen LogP) is 1.68. The van der Waals surface area contributed by atoms with E-state index in [1.165, 1.54) is 0 Å². The number of nitrogens with zero attached hydrogens (tertiary/aromatic N) is 1. The van der Waals surface area contributed by atoms with Crippen molar-refractivity contribution in [3.05, 3.63) is 59.5 Å². The lowest BCUT2D eigenvalue weighted by Gasteiger charge is -2.14. The Balaban J connectivity index is 1.40. The lowest BCUT2D eigenvalue weighted by atomic mass is 10.1. The highest BCUT2D eigenvalue weighted by Gasteiger charge is 2.21. The number of amides is 1. The fourth-order valence-electron chi connectivity index (χ4n) is 2.91. The highest BCUT2D eigenvalue weighted by atomic mass is 16.5. The average Bonchev–Trinajstić information content (AvgIpc) is 3.25. The van der Waals surface area contributed by atoms with Crippen molar-refractivity contribution in [1.29, 1.82) is 0 Å². The minimum absolute atomic E-state index is 0.0198. The van der Waals surface area contributed by atoms with E-state index in [2.05, 4.69) is 5.32 Å². The first kappa shape index (κ1) is 17.7. The number of likely N-dealkylation sites (tertiary alicyclic amines) is 1. The first-order chi connectivity index (χ1) is 12.2. The predicted molar refractivity (Wildman–Crippen MR) is 92.6 cm³/mol. The smallest absolute Gasteiger partial charge is 0.234 e. The summed E-state index contributed by atoms with van der Waals surface area (Å²) in [6, 6.07) is 11.7. The molecule has 1 aromatic heterocycles. The van der Waals surface area contributed by atoms with E-state index in [1.54, 1.807) is 6.26 Å². The SMILES string of the molecule is O=C(CN1CC[C@H](O)C1)NCc1cccc(COCc2ccco2)c1. The molecule has 6 heteroatoms. The molecule has 0 aliphatic carbocycles. The minimum atomic E-state index is -0.300. The zero-order valence-electron chi connectivity index (χ0n) is 14.2. The second-order valence-corrected chi connectivity index (χ2v) is 6.35. The molecule has 0 saturated carbocycles. The molecule has 2 heterocycles. The van der Waals surface area contributed by atoms with Crippen LogP contribution in [0.3, 0.4) is 0 Å². The van der Waals surface area contributed by atoms with Crippen LogP contribution in [0.4, 0.5) is 0 Å². The van der Waals surface area contributed by atoms with Gasteiger partial charge in [-0.2, -0.15) is 0 Å². The molecule has 2 aromatic rings. The van der Waals surface area contributed by atoms with Crippen molar-refractivity contribution < 1.29 is 19.1 Å². The zero-order valence-corrected chi connectivity index (χ0v) is 14.2. The molecular formula is C19H24N2O4. The highest BCUT2D eigenvalue weighted by molar-refractivity contribution is 5.78. The Morgan fingerprint density at radius 2 is 2.16 bits per heavy atom. The Morgan fingerprint density at radius 3 is 2.92 bits per heavy atom. The third kappa shape index (κ3) is 5.70. The lowest BCUT2D eigenvalue weighted by Crippen LogP contribution is -2.36. The van der Waals surface area contributed by atoms with Crippen LogP contribution in [0.25, 0.3) is 0 Å². The maximum absolute atomic E-state index is 12.0. The number of aliphatic hydroxyl groups excluding tert-OH is 1. The molecule has 3 rings (SSSR count). The number of nitrogens with one attached hydrogen (secondary N) is 1. The van der Waals surface area contributed by atoms with Crippen LogP contribution in [0, 0.1) is 0 Å². The van der Waals surface area contributed by atoms with E-state index >= 15 is 0 Å². The Bertz CT molecular complexity index is 672.